The Kier molecular flexibility index (Phi) is 2.89. The average Bonchev–Trinajstić information content (AvgIpc) is 3.09. The number of H-pyrrole nitrogens is 1. The summed E-state index contributed by atoms with van der Waals surface area (Å²) >= 11 is 0. The first kappa shape index (κ1) is 13.0. The van der Waals surface area contributed by atoms with E-state index in [4.69, 9.17) is 0 Å². The Morgan fingerprint density at radius 1 is 1.00 bits per heavy atom. The molecule has 3 heterocycles. The van der Waals surface area contributed by atoms with E-state index in [0.29, 0.717) is 0 Å². The van der Waals surface area contributed by atoms with E-state index >= 15 is 0 Å². The van der Waals surface area contributed by atoms with Crippen molar-refractivity contribution in [2.75, 3.05) is 0 Å². The minimum atomic E-state index is -0.238. The number of hydrogen-bond donors (Lipinski definition) is 1. The molecular formula is C18H14FN3. The van der Waals surface area contributed by atoms with Crippen LogP contribution in [0.25, 0.3) is 22.4 Å². The number of aliphatic imine (C=N–C) groups is 1. The topological polar surface area (TPSA) is 41.0 Å². The molecular weight excluding hydrogens is 277 g/mol. The second kappa shape index (κ2) is 4.91. The quantitative estimate of drug-likeness (QED) is 0.730. The maximum atomic E-state index is 13.2. The molecule has 2 aromatic heterocycles. The summed E-state index contributed by atoms with van der Waals surface area (Å²) in [5.41, 5.74) is 6.07. The summed E-state index contributed by atoms with van der Waals surface area (Å²) in [5, 5.41) is 0. The zero-order valence-electron chi connectivity index (χ0n) is 12.0. The number of aromatic nitrogens is 2. The van der Waals surface area contributed by atoms with Crippen molar-refractivity contribution >= 4 is 11.9 Å². The lowest BCUT2D eigenvalue weighted by Crippen LogP contribution is -1.90. The second-order valence-electron chi connectivity index (χ2n) is 5.45. The monoisotopic (exact) mass is 291 g/mol. The molecule has 1 unspecified atom stereocenters. The molecule has 0 saturated heterocycles. The lowest BCUT2D eigenvalue weighted by molar-refractivity contribution is 0.628. The van der Waals surface area contributed by atoms with Gasteiger partial charge in [0.25, 0.3) is 0 Å². The molecule has 1 atom stereocenters. The number of fused-ring (bicyclic) bond motifs is 1. The van der Waals surface area contributed by atoms with Crippen LogP contribution >= 0.6 is 0 Å². The maximum absolute atomic E-state index is 13.2. The molecule has 1 aliphatic rings. The van der Waals surface area contributed by atoms with Gasteiger partial charge in [0.2, 0.25) is 0 Å². The van der Waals surface area contributed by atoms with Crippen molar-refractivity contribution in [3.63, 3.8) is 0 Å². The van der Waals surface area contributed by atoms with Crippen molar-refractivity contribution in [1.29, 1.82) is 0 Å². The molecule has 0 amide bonds. The molecule has 3 nitrogen and oxygen atoms in total. The number of rotatable bonds is 2. The molecule has 4 heteroatoms. The SMILES string of the molecule is CC1C=Nc2c1[nH]c(-c1ccncc1)c2-c1ccc(F)cc1. The van der Waals surface area contributed by atoms with E-state index < -0.39 is 0 Å². The lowest BCUT2D eigenvalue weighted by Gasteiger charge is -2.06. The van der Waals surface area contributed by atoms with Gasteiger partial charge in [0.1, 0.15) is 5.82 Å². The Hall–Kier alpha value is -2.75. The molecule has 0 spiro atoms. The third kappa shape index (κ3) is 1.96. The first-order chi connectivity index (χ1) is 10.7. The molecule has 0 saturated carbocycles. The number of hydrogen-bond acceptors (Lipinski definition) is 2. The van der Waals surface area contributed by atoms with Gasteiger partial charge in [-0.25, -0.2) is 4.39 Å². The number of benzene rings is 1. The molecule has 22 heavy (non-hydrogen) atoms. The first-order valence-electron chi connectivity index (χ1n) is 7.20. The van der Waals surface area contributed by atoms with Crippen LogP contribution in [0.4, 0.5) is 10.1 Å². The molecule has 4 rings (SSSR count). The minimum Gasteiger partial charge on any atom is -0.356 e. The van der Waals surface area contributed by atoms with E-state index in [2.05, 4.69) is 21.9 Å². The minimum absolute atomic E-state index is 0.238. The van der Waals surface area contributed by atoms with Gasteiger partial charge in [-0.3, -0.25) is 9.98 Å². The van der Waals surface area contributed by atoms with Crippen LogP contribution in [0.1, 0.15) is 18.5 Å². The van der Waals surface area contributed by atoms with Gasteiger partial charge in [-0.2, -0.15) is 0 Å². The molecule has 1 N–H and O–H groups in total. The number of nitrogens with one attached hydrogen (secondary N) is 1. The van der Waals surface area contributed by atoms with Gasteiger partial charge >= 0.3 is 0 Å². The fourth-order valence-corrected chi connectivity index (χ4v) is 2.87. The van der Waals surface area contributed by atoms with E-state index in [-0.39, 0.29) is 11.7 Å². The van der Waals surface area contributed by atoms with Crippen molar-refractivity contribution in [3.8, 4) is 22.4 Å². The lowest BCUT2D eigenvalue weighted by atomic mass is 10.00. The predicted octanol–water partition coefficient (Wildman–Crippen LogP) is 4.70. The van der Waals surface area contributed by atoms with E-state index in [1.165, 1.54) is 12.1 Å². The summed E-state index contributed by atoms with van der Waals surface area (Å²) in [7, 11) is 0. The van der Waals surface area contributed by atoms with Gasteiger partial charge in [-0.1, -0.05) is 19.1 Å². The molecule has 3 aromatic rings. The Balaban J connectivity index is 1.98. The van der Waals surface area contributed by atoms with Crippen molar-refractivity contribution < 1.29 is 4.39 Å². The van der Waals surface area contributed by atoms with Crippen LogP contribution in [0.3, 0.4) is 0 Å². The number of halogens is 1. The Morgan fingerprint density at radius 2 is 1.73 bits per heavy atom. The molecule has 0 bridgehead atoms. The molecule has 0 fully saturated rings. The highest BCUT2D eigenvalue weighted by Gasteiger charge is 2.25. The summed E-state index contributed by atoms with van der Waals surface area (Å²) in [6, 6.07) is 10.5. The number of pyridine rings is 1. The van der Waals surface area contributed by atoms with Crippen molar-refractivity contribution in [2.24, 2.45) is 4.99 Å². The van der Waals surface area contributed by atoms with E-state index in [1.54, 1.807) is 24.5 Å². The zero-order chi connectivity index (χ0) is 15.1. The largest absolute Gasteiger partial charge is 0.356 e. The molecule has 1 aromatic carbocycles. The Bertz CT molecular complexity index is 848. The van der Waals surface area contributed by atoms with Crippen LogP contribution in [0.15, 0.2) is 53.8 Å². The van der Waals surface area contributed by atoms with Crippen LogP contribution in [0.5, 0.6) is 0 Å². The van der Waals surface area contributed by atoms with Gasteiger partial charge in [0.05, 0.1) is 17.1 Å². The smallest absolute Gasteiger partial charge is 0.123 e. The third-order valence-corrected chi connectivity index (χ3v) is 3.99. The Morgan fingerprint density at radius 3 is 2.45 bits per heavy atom. The van der Waals surface area contributed by atoms with Gasteiger partial charge in [-0.05, 0) is 29.8 Å². The van der Waals surface area contributed by atoms with Crippen molar-refractivity contribution in [1.82, 2.24) is 9.97 Å². The van der Waals surface area contributed by atoms with E-state index in [1.807, 2.05) is 18.3 Å². The zero-order valence-corrected chi connectivity index (χ0v) is 12.0. The van der Waals surface area contributed by atoms with Crippen LogP contribution in [0, 0.1) is 5.82 Å². The highest BCUT2D eigenvalue weighted by atomic mass is 19.1. The van der Waals surface area contributed by atoms with Crippen LogP contribution < -0.4 is 0 Å². The summed E-state index contributed by atoms with van der Waals surface area (Å²) < 4.78 is 13.2. The fraction of sp³-hybridized carbons (Fsp3) is 0.111. The molecule has 0 radical (unpaired) electrons. The van der Waals surface area contributed by atoms with Crippen LogP contribution in [0.2, 0.25) is 0 Å². The third-order valence-electron chi connectivity index (χ3n) is 3.99. The maximum Gasteiger partial charge on any atom is 0.123 e. The fourth-order valence-electron chi connectivity index (χ4n) is 2.87. The predicted molar refractivity (Wildman–Crippen MR) is 86.0 cm³/mol. The van der Waals surface area contributed by atoms with E-state index in [0.717, 1.165) is 33.8 Å². The second-order valence-corrected chi connectivity index (χ2v) is 5.45. The van der Waals surface area contributed by atoms with Crippen molar-refractivity contribution in [2.45, 2.75) is 12.8 Å². The van der Waals surface area contributed by atoms with Gasteiger partial charge in [0, 0.05) is 35.7 Å². The standard InChI is InChI=1S/C18H14FN3/c1-11-10-21-18-15(12-2-4-14(19)5-3-12)17(22-16(11)18)13-6-8-20-9-7-13/h2-11,22H,1H3. The summed E-state index contributed by atoms with van der Waals surface area (Å²) in [5.74, 6) is 0.0167. The molecule has 0 aliphatic carbocycles. The summed E-state index contributed by atoms with van der Waals surface area (Å²) in [4.78, 5) is 12.1. The summed E-state index contributed by atoms with van der Waals surface area (Å²) in [6.07, 6.45) is 5.47. The number of nitrogens with zero attached hydrogens (tertiary/aromatic N) is 2. The van der Waals surface area contributed by atoms with Crippen molar-refractivity contribution in [3.05, 3.63) is 60.3 Å². The highest BCUT2D eigenvalue weighted by molar-refractivity contribution is 5.96. The Labute approximate surface area is 127 Å². The molecule has 1 aliphatic heterocycles. The highest BCUT2D eigenvalue weighted by Crippen LogP contribution is 2.46. The van der Waals surface area contributed by atoms with Gasteiger partial charge in [-0.15, -0.1) is 0 Å². The first-order valence-corrected chi connectivity index (χ1v) is 7.20. The number of aromatic amines is 1. The van der Waals surface area contributed by atoms with Crippen LogP contribution in [-0.2, 0) is 0 Å². The average molecular weight is 291 g/mol. The van der Waals surface area contributed by atoms with Gasteiger partial charge < -0.3 is 4.98 Å². The normalized spacial score (nSPS) is 16.0. The van der Waals surface area contributed by atoms with Gasteiger partial charge in [0.15, 0.2) is 0 Å². The van der Waals surface area contributed by atoms with E-state index in [9.17, 15) is 4.39 Å². The summed E-state index contributed by atoms with van der Waals surface area (Å²) in [6.45, 7) is 2.11. The van der Waals surface area contributed by atoms with Crippen LogP contribution in [-0.4, -0.2) is 16.2 Å². The molecule has 108 valence electrons.